The van der Waals surface area contributed by atoms with Crippen molar-refractivity contribution in [1.82, 2.24) is 15.2 Å². The number of fused-ring (bicyclic) bond motifs is 1. The van der Waals surface area contributed by atoms with Crippen LogP contribution in [0.1, 0.15) is 5.69 Å². The van der Waals surface area contributed by atoms with Gasteiger partial charge in [-0.25, -0.2) is 9.78 Å². The molecular weight excluding hydrogens is 458 g/mol. The van der Waals surface area contributed by atoms with Crippen molar-refractivity contribution < 1.29 is 19.5 Å². The number of aliphatic imine (C=N–C) groups is 1. The molecule has 2 aliphatic heterocycles. The van der Waals surface area contributed by atoms with Crippen LogP contribution < -0.4 is 11.1 Å². The fourth-order valence-corrected chi connectivity index (χ4v) is 6.28. The van der Waals surface area contributed by atoms with Gasteiger partial charge in [0.2, 0.25) is 0 Å². The number of carbonyl (C=O) groups excluding carboxylic acids is 2. The summed E-state index contributed by atoms with van der Waals surface area (Å²) in [6.07, 6.45) is 0. The number of hydrogen-bond donors (Lipinski definition) is 3. The van der Waals surface area contributed by atoms with Crippen molar-refractivity contribution in [2.24, 2.45) is 4.99 Å². The van der Waals surface area contributed by atoms with Gasteiger partial charge < -0.3 is 16.2 Å². The van der Waals surface area contributed by atoms with Gasteiger partial charge >= 0.3 is 5.97 Å². The number of nitrogens with two attached hydrogens (primary N) is 1. The van der Waals surface area contributed by atoms with E-state index >= 15 is 0 Å². The molecular formula is C19H17N5O4S3. The number of nitrogen functional groups attached to an aromatic ring is 1. The van der Waals surface area contributed by atoms with Gasteiger partial charge in [-0.1, -0.05) is 30.0 Å². The number of β-lactam (4-membered cyclic amide) rings is 1. The largest absolute Gasteiger partial charge is 0.477 e. The van der Waals surface area contributed by atoms with Gasteiger partial charge in [-0.05, 0) is 12.1 Å². The van der Waals surface area contributed by atoms with Gasteiger partial charge in [0.15, 0.2) is 5.13 Å². The number of nitrogens with zero attached hydrogens (tertiary/aromatic N) is 3. The molecule has 0 radical (unpaired) electrons. The Kier molecular flexibility index (Phi) is 6.03. The van der Waals surface area contributed by atoms with E-state index in [0.717, 1.165) is 4.90 Å². The molecule has 4 rings (SSSR count). The summed E-state index contributed by atoms with van der Waals surface area (Å²) in [7, 11) is 1.45. The second-order valence-corrected chi connectivity index (χ2v) is 9.66. The van der Waals surface area contributed by atoms with Crippen molar-refractivity contribution in [1.29, 1.82) is 0 Å². The van der Waals surface area contributed by atoms with Gasteiger partial charge in [0.05, 0.1) is 0 Å². The molecule has 2 amide bonds. The second kappa shape index (κ2) is 8.73. The lowest BCUT2D eigenvalue weighted by molar-refractivity contribution is -0.150. The number of carbonyl (C=O) groups is 3. The minimum absolute atomic E-state index is 0.0373. The standard InChI is InChI=1S/C19H17N5O4S3/c1-21-12(10-7-30-19(20)22-10)15(25)23-13-16(26)24-14(18(27)28)11(8-29-17(13)24)31-9-5-3-2-4-6-9/h2-7,13,17H,8H2,1H3,(H2,20,22)(H,23,25)(H,27,28)/t13-,17-/m1/s1. The minimum Gasteiger partial charge on any atom is -0.477 e. The van der Waals surface area contributed by atoms with Crippen LogP contribution in [0.4, 0.5) is 5.13 Å². The number of anilines is 1. The van der Waals surface area contributed by atoms with Crippen LogP contribution >= 0.6 is 34.9 Å². The Balaban J connectivity index is 1.52. The Morgan fingerprint density at radius 3 is 2.71 bits per heavy atom. The van der Waals surface area contributed by atoms with E-state index in [1.807, 2.05) is 30.3 Å². The highest BCUT2D eigenvalue weighted by Crippen LogP contribution is 2.45. The van der Waals surface area contributed by atoms with Gasteiger partial charge in [0.1, 0.15) is 28.5 Å². The van der Waals surface area contributed by atoms with E-state index in [9.17, 15) is 19.5 Å². The number of hydrogen-bond acceptors (Lipinski definition) is 9. The Morgan fingerprint density at radius 2 is 2.10 bits per heavy atom. The summed E-state index contributed by atoms with van der Waals surface area (Å²) in [6, 6.07) is 8.53. The maximum Gasteiger partial charge on any atom is 0.353 e. The SMILES string of the molecule is CN=C(C(=O)N[C@@H]1C(=O)N2C(C(=O)O)=C(Sc3ccccc3)CS[C@H]12)c1csc(N)n1. The summed E-state index contributed by atoms with van der Waals surface area (Å²) < 4.78 is 0. The van der Waals surface area contributed by atoms with Crippen LogP contribution in [0, 0.1) is 0 Å². The molecule has 3 heterocycles. The maximum atomic E-state index is 12.8. The molecule has 31 heavy (non-hydrogen) atoms. The van der Waals surface area contributed by atoms with Crippen LogP contribution in [0.2, 0.25) is 0 Å². The quantitative estimate of drug-likeness (QED) is 0.423. The molecule has 0 spiro atoms. The highest BCUT2D eigenvalue weighted by molar-refractivity contribution is 8.06. The Labute approximate surface area is 189 Å². The van der Waals surface area contributed by atoms with Crippen molar-refractivity contribution >= 4 is 63.5 Å². The summed E-state index contributed by atoms with van der Waals surface area (Å²) in [5.41, 5.74) is 5.98. The zero-order valence-corrected chi connectivity index (χ0v) is 18.6. The normalized spacial score (nSPS) is 20.9. The molecule has 2 atom stereocenters. The fraction of sp³-hybridized carbons (Fsp3) is 0.211. The monoisotopic (exact) mass is 475 g/mol. The molecule has 1 aromatic carbocycles. The summed E-state index contributed by atoms with van der Waals surface area (Å²) >= 11 is 3.91. The molecule has 1 fully saturated rings. The Bertz CT molecular complexity index is 1110. The highest BCUT2D eigenvalue weighted by Gasteiger charge is 2.54. The molecule has 1 aromatic heterocycles. The average Bonchev–Trinajstić information content (AvgIpc) is 3.18. The number of aliphatic carboxylic acids is 1. The third kappa shape index (κ3) is 4.05. The lowest BCUT2D eigenvalue weighted by Crippen LogP contribution is -2.71. The first-order valence-corrected chi connectivity index (χ1v) is 11.8. The number of aromatic nitrogens is 1. The first-order valence-electron chi connectivity index (χ1n) is 9.03. The number of carboxylic acid groups (broad SMARTS) is 1. The number of thioether (sulfide) groups is 2. The van der Waals surface area contributed by atoms with Crippen LogP contribution in [0.3, 0.4) is 0 Å². The van der Waals surface area contributed by atoms with E-state index in [1.165, 1.54) is 46.8 Å². The molecule has 0 bridgehead atoms. The van der Waals surface area contributed by atoms with Crippen LogP contribution in [-0.2, 0) is 14.4 Å². The third-order valence-corrected chi connectivity index (χ3v) is 7.84. The topological polar surface area (TPSA) is 138 Å². The van der Waals surface area contributed by atoms with Crippen molar-refractivity contribution in [3.63, 3.8) is 0 Å². The molecule has 0 unspecified atom stereocenters. The van der Waals surface area contributed by atoms with Gasteiger partial charge in [0, 0.05) is 28.0 Å². The zero-order chi connectivity index (χ0) is 22.1. The van der Waals surface area contributed by atoms with Gasteiger partial charge in [-0.3, -0.25) is 19.5 Å². The fourth-order valence-electron chi connectivity index (χ4n) is 3.24. The Morgan fingerprint density at radius 1 is 1.35 bits per heavy atom. The summed E-state index contributed by atoms with van der Waals surface area (Å²) in [6.45, 7) is 0. The molecule has 0 saturated carbocycles. The number of nitrogens with one attached hydrogen (secondary N) is 1. The number of amides is 2. The van der Waals surface area contributed by atoms with Gasteiger partial charge in [-0.2, -0.15) is 0 Å². The van der Waals surface area contributed by atoms with Crippen LogP contribution in [0.15, 0.2) is 56.2 Å². The van der Waals surface area contributed by atoms with Crippen LogP contribution in [-0.4, -0.2) is 62.7 Å². The highest BCUT2D eigenvalue weighted by atomic mass is 32.2. The zero-order valence-electron chi connectivity index (χ0n) is 16.1. The van der Waals surface area contributed by atoms with Gasteiger partial charge in [-0.15, -0.1) is 23.1 Å². The molecule has 2 aliphatic rings. The smallest absolute Gasteiger partial charge is 0.353 e. The van der Waals surface area contributed by atoms with E-state index < -0.39 is 29.2 Å². The summed E-state index contributed by atoms with van der Waals surface area (Å²) in [5, 5.41) is 13.9. The van der Waals surface area contributed by atoms with E-state index in [4.69, 9.17) is 5.73 Å². The summed E-state index contributed by atoms with van der Waals surface area (Å²) in [4.78, 5) is 48.2. The molecule has 2 aromatic rings. The van der Waals surface area contributed by atoms with E-state index in [-0.39, 0.29) is 11.4 Å². The predicted molar refractivity (Wildman–Crippen MR) is 121 cm³/mol. The van der Waals surface area contributed by atoms with Crippen molar-refractivity contribution in [3.05, 3.63) is 52.0 Å². The van der Waals surface area contributed by atoms with Crippen LogP contribution in [0.25, 0.3) is 0 Å². The van der Waals surface area contributed by atoms with E-state index in [0.29, 0.717) is 21.5 Å². The molecule has 9 nitrogen and oxygen atoms in total. The van der Waals surface area contributed by atoms with Crippen molar-refractivity contribution in [2.75, 3.05) is 18.5 Å². The van der Waals surface area contributed by atoms with E-state index in [2.05, 4.69) is 15.3 Å². The number of benzene rings is 1. The predicted octanol–water partition coefficient (Wildman–Crippen LogP) is 1.63. The molecule has 0 aliphatic carbocycles. The lowest BCUT2D eigenvalue weighted by Gasteiger charge is -2.49. The lowest BCUT2D eigenvalue weighted by atomic mass is 10.0. The van der Waals surface area contributed by atoms with E-state index in [1.54, 1.807) is 5.38 Å². The van der Waals surface area contributed by atoms with Crippen LogP contribution in [0.5, 0.6) is 0 Å². The van der Waals surface area contributed by atoms with Crippen molar-refractivity contribution in [3.8, 4) is 0 Å². The third-order valence-electron chi connectivity index (χ3n) is 4.61. The number of carboxylic acids is 1. The first-order chi connectivity index (χ1) is 14.9. The maximum absolute atomic E-state index is 12.8. The second-order valence-electron chi connectivity index (χ2n) is 6.50. The number of rotatable bonds is 6. The minimum atomic E-state index is -1.17. The summed E-state index contributed by atoms with van der Waals surface area (Å²) in [5.74, 6) is -1.78. The molecule has 12 heteroatoms. The Hall–Kier alpha value is -2.83. The molecule has 1 saturated heterocycles. The molecule has 4 N–H and O–H groups in total. The number of thiazole rings is 1. The first kappa shape index (κ1) is 21.4. The average molecular weight is 476 g/mol. The van der Waals surface area contributed by atoms with Crippen molar-refractivity contribution in [2.45, 2.75) is 16.3 Å². The molecule has 160 valence electrons. The van der Waals surface area contributed by atoms with Gasteiger partial charge in [0.25, 0.3) is 11.8 Å².